The molecule has 8 heteroatoms. The van der Waals surface area contributed by atoms with Crippen molar-refractivity contribution in [2.24, 2.45) is 0 Å². The monoisotopic (exact) mass is 279 g/mol. The van der Waals surface area contributed by atoms with Crippen molar-refractivity contribution in [2.45, 2.75) is 18.1 Å². The Morgan fingerprint density at radius 3 is 2.59 bits per heavy atom. The molecular formula is C9H17N3O3S2. The summed E-state index contributed by atoms with van der Waals surface area (Å²) < 4.78 is 26.3. The number of likely N-dealkylation sites (N-methyl/N-ethyl adjacent to an activating group) is 1. The number of aromatic nitrogens is 1. The van der Waals surface area contributed by atoms with E-state index in [0.717, 1.165) is 6.54 Å². The Bertz CT molecular complexity index is 518. The van der Waals surface area contributed by atoms with Gasteiger partial charge in [0.05, 0.1) is 0 Å². The normalized spacial score (nSPS) is 12.2. The maximum Gasteiger partial charge on any atom is 0.305 e. The van der Waals surface area contributed by atoms with Gasteiger partial charge in [0.25, 0.3) is 10.0 Å². The minimum atomic E-state index is -3.56. The van der Waals surface area contributed by atoms with E-state index in [2.05, 4.69) is 9.71 Å². The lowest BCUT2D eigenvalue weighted by Crippen LogP contribution is -2.32. The SMILES string of the molecule is CCN(C)CCNS(=O)(=O)c1sc(=O)[nH]c1C. The van der Waals surface area contributed by atoms with Crippen molar-refractivity contribution in [3.63, 3.8) is 0 Å². The molecule has 0 saturated carbocycles. The van der Waals surface area contributed by atoms with Crippen molar-refractivity contribution >= 4 is 21.4 Å². The molecule has 0 radical (unpaired) electrons. The third-order valence-corrected chi connectivity index (χ3v) is 5.42. The van der Waals surface area contributed by atoms with Crippen molar-refractivity contribution in [1.82, 2.24) is 14.6 Å². The second-order valence-electron chi connectivity index (χ2n) is 3.72. The second kappa shape index (κ2) is 5.76. The molecule has 0 amide bonds. The van der Waals surface area contributed by atoms with E-state index < -0.39 is 10.0 Å². The summed E-state index contributed by atoms with van der Waals surface area (Å²) in [6.07, 6.45) is 0. The lowest BCUT2D eigenvalue weighted by Gasteiger charge is -2.13. The first kappa shape index (κ1) is 14.4. The van der Waals surface area contributed by atoms with Crippen LogP contribution in [0.15, 0.2) is 9.00 Å². The van der Waals surface area contributed by atoms with Gasteiger partial charge in [0, 0.05) is 18.8 Å². The number of nitrogens with one attached hydrogen (secondary N) is 2. The molecule has 0 aliphatic heterocycles. The predicted octanol–water partition coefficient (Wildman–Crippen LogP) is -0.0252. The summed E-state index contributed by atoms with van der Waals surface area (Å²) in [6.45, 7) is 5.39. The van der Waals surface area contributed by atoms with E-state index in [-0.39, 0.29) is 9.08 Å². The van der Waals surface area contributed by atoms with Crippen LogP contribution in [0.3, 0.4) is 0 Å². The standard InChI is InChI=1S/C9H17N3O3S2/c1-4-12(3)6-5-10-17(14,15)8-7(2)11-9(13)16-8/h10H,4-6H2,1-3H3,(H,11,13). The number of hydrogen-bond acceptors (Lipinski definition) is 5. The van der Waals surface area contributed by atoms with E-state index in [1.54, 1.807) is 6.92 Å². The van der Waals surface area contributed by atoms with Crippen LogP contribution in [0.4, 0.5) is 0 Å². The van der Waals surface area contributed by atoms with Crippen molar-refractivity contribution < 1.29 is 8.42 Å². The number of aryl methyl sites for hydroxylation is 1. The van der Waals surface area contributed by atoms with Crippen molar-refractivity contribution in [1.29, 1.82) is 0 Å². The molecule has 0 atom stereocenters. The van der Waals surface area contributed by atoms with Gasteiger partial charge in [-0.3, -0.25) is 4.79 Å². The number of thiazole rings is 1. The zero-order chi connectivity index (χ0) is 13.1. The molecule has 0 fully saturated rings. The molecule has 98 valence electrons. The molecule has 0 unspecified atom stereocenters. The molecule has 0 aromatic carbocycles. The van der Waals surface area contributed by atoms with E-state index in [1.165, 1.54) is 0 Å². The van der Waals surface area contributed by atoms with Crippen molar-refractivity contribution in [3.05, 3.63) is 15.4 Å². The van der Waals surface area contributed by atoms with Gasteiger partial charge >= 0.3 is 4.87 Å². The third kappa shape index (κ3) is 3.91. The summed E-state index contributed by atoms with van der Waals surface area (Å²) in [5.74, 6) is 0. The molecule has 0 saturated heterocycles. The first-order chi connectivity index (χ1) is 7.86. The molecule has 6 nitrogen and oxygen atoms in total. The molecule has 0 bridgehead atoms. The Balaban J connectivity index is 2.70. The third-order valence-electron chi connectivity index (χ3n) is 2.35. The maximum atomic E-state index is 11.9. The molecule has 2 N–H and O–H groups in total. The molecule has 0 aliphatic carbocycles. The van der Waals surface area contributed by atoms with Crippen LogP contribution in [0.5, 0.6) is 0 Å². The van der Waals surface area contributed by atoms with Crippen LogP contribution in [0.2, 0.25) is 0 Å². The van der Waals surface area contributed by atoms with Gasteiger partial charge in [-0.2, -0.15) is 0 Å². The summed E-state index contributed by atoms with van der Waals surface area (Å²) in [5, 5.41) is 0. The quantitative estimate of drug-likeness (QED) is 0.766. The van der Waals surface area contributed by atoms with E-state index in [4.69, 9.17) is 0 Å². The van der Waals surface area contributed by atoms with Gasteiger partial charge < -0.3 is 9.88 Å². The van der Waals surface area contributed by atoms with Crippen molar-refractivity contribution in [2.75, 3.05) is 26.7 Å². The summed E-state index contributed by atoms with van der Waals surface area (Å²) in [5.41, 5.74) is 0.386. The largest absolute Gasteiger partial charge is 0.315 e. The molecular weight excluding hydrogens is 262 g/mol. The van der Waals surface area contributed by atoms with Crippen LogP contribution in [-0.2, 0) is 10.0 Å². The lowest BCUT2D eigenvalue weighted by atomic mass is 10.5. The summed E-state index contributed by atoms with van der Waals surface area (Å²) in [7, 11) is -1.65. The van der Waals surface area contributed by atoms with Crippen LogP contribution in [0.1, 0.15) is 12.6 Å². The van der Waals surface area contributed by atoms with Gasteiger partial charge in [0.1, 0.15) is 0 Å². The number of nitrogens with zero attached hydrogens (tertiary/aromatic N) is 1. The molecule has 1 aromatic heterocycles. The van der Waals surface area contributed by atoms with E-state index in [9.17, 15) is 13.2 Å². The molecule has 0 spiro atoms. The molecule has 1 rings (SSSR count). The first-order valence-electron chi connectivity index (χ1n) is 5.24. The Hall–Kier alpha value is -0.700. The van der Waals surface area contributed by atoms with Crippen LogP contribution < -0.4 is 9.60 Å². The second-order valence-corrected chi connectivity index (χ2v) is 6.67. The highest BCUT2D eigenvalue weighted by atomic mass is 32.2. The zero-order valence-electron chi connectivity index (χ0n) is 10.1. The summed E-state index contributed by atoms with van der Waals surface area (Å²) in [4.78, 5) is 15.1. The van der Waals surface area contributed by atoms with E-state index in [0.29, 0.717) is 30.1 Å². The highest BCUT2D eigenvalue weighted by Gasteiger charge is 2.19. The number of rotatable bonds is 6. The highest BCUT2D eigenvalue weighted by Crippen LogP contribution is 2.14. The predicted molar refractivity (Wildman–Crippen MR) is 68.0 cm³/mol. The topological polar surface area (TPSA) is 82.3 Å². The Morgan fingerprint density at radius 1 is 1.47 bits per heavy atom. The van der Waals surface area contributed by atoms with Gasteiger partial charge in [-0.05, 0) is 20.5 Å². The van der Waals surface area contributed by atoms with Gasteiger partial charge in [0.2, 0.25) is 0 Å². The number of H-pyrrole nitrogens is 1. The fraction of sp³-hybridized carbons (Fsp3) is 0.667. The minimum Gasteiger partial charge on any atom is -0.315 e. The maximum absolute atomic E-state index is 11.9. The van der Waals surface area contributed by atoms with Crippen LogP contribution in [-0.4, -0.2) is 45.0 Å². The van der Waals surface area contributed by atoms with Gasteiger partial charge in [-0.1, -0.05) is 18.3 Å². The van der Waals surface area contributed by atoms with Gasteiger partial charge in [0.15, 0.2) is 4.21 Å². The Morgan fingerprint density at radius 2 is 2.12 bits per heavy atom. The smallest absolute Gasteiger partial charge is 0.305 e. The molecule has 1 aromatic rings. The molecule has 0 aliphatic rings. The Kier molecular flexibility index (Phi) is 4.87. The van der Waals surface area contributed by atoms with E-state index >= 15 is 0 Å². The number of sulfonamides is 1. The van der Waals surface area contributed by atoms with Gasteiger partial charge in [-0.15, -0.1) is 0 Å². The first-order valence-corrected chi connectivity index (χ1v) is 7.54. The average molecular weight is 279 g/mol. The van der Waals surface area contributed by atoms with Gasteiger partial charge in [-0.25, -0.2) is 13.1 Å². The number of hydrogen-bond donors (Lipinski definition) is 2. The summed E-state index contributed by atoms with van der Waals surface area (Å²) in [6, 6.07) is 0. The summed E-state index contributed by atoms with van der Waals surface area (Å²) >= 11 is 0.711. The minimum absolute atomic E-state index is 0.0710. The Labute approximate surface area is 105 Å². The number of aromatic amines is 1. The highest BCUT2D eigenvalue weighted by molar-refractivity contribution is 7.91. The fourth-order valence-electron chi connectivity index (χ4n) is 1.24. The zero-order valence-corrected chi connectivity index (χ0v) is 11.7. The van der Waals surface area contributed by atoms with Crippen molar-refractivity contribution in [3.8, 4) is 0 Å². The van der Waals surface area contributed by atoms with E-state index in [1.807, 2.05) is 18.9 Å². The molecule has 1 heterocycles. The van der Waals surface area contributed by atoms with Crippen LogP contribution in [0.25, 0.3) is 0 Å². The average Bonchev–Trinajstić information content (AvgIpc) is 2.58. The fourth-order valence-corrected chi connectivity index (χ4v) is 3.61. The van der Waals surface area contributed by atoms with Crippen LogP contribution in [0, 0.1) is 6.92 Å². The molecule has 17 heavy (non-hydrogen) atoms. The van der Waals surface area contributed by atoms with Crippen LogP contribution >= 0.6 is 11.3 Å². The lowest BCUT2D eigenvalue weighted by molar-refractivity contribution is 0.358.